The SMILES string of the molecule is NC(=O)Nc1ccccn1.NC(=O)Nc1ccccn1. The Balaban J connectivity index is 0.000000200. The van der Waals surface area contributed by atoms with Crippen LogP contribution in [0.3, 0.4) is 0 Å². The molecule has 0 spiro atoms. The summed E-state index contributed by atoms with van der Waals surface area (Å²) in [7, 11) is 0. The van der Waals surface area contributed by atoms with Crippen LogP contribution in [0.4, 0.5) is 21.2 Å². The molecule has 0 aliphatic carbocycles. The number of pyridine rings is 2. The van der Waals surface area contributed by atoms with E-state index in [-0.39, 0.29) is 0 Å². The van der Waals surface area contributed by atoms with Crippen LogP contribution in [-0.4, -0.2) is 22.0 Å². The molecule has 104 valence electrons. The lowest BCUT2D eigenvalue weighted by Crippen LogP contribution is -2.19. The number of primary amides is 2. The zero-order chi connectivity index (χ0) is 14.8. The van der Waals surface area contributed by atoms with Gasteiger partial charge in [0.05, 0.1) is 0 Å². The van der Waals surface area contributed by atoms with Gasteiger partial charge in [0.15, 0.2) is 0 Å². The molecule has 8 nitrogen and oxygen atoms in total. The highest BCUT2D eigenvalue weighted by molar-refractivity contribution is 5.86. The van der Waals surface area contributed by atoms with Crippen LogP contribution in [0, 0.1) is 0 Å². The highest BCUT2D eigenvalue weighted by Crippen LogP contribution is 1.98. The smallest absolute Gasteiger partial charge is 0.317 e. The van der Waals surface area contributed by atoms with Crippen molar-refractivity contribution in [3.05, 3.63) is 48.8 Å². The van der Waals surface area contributed by atoms with Gasteiger partial charge in [-0.15, -0.1) is 0 Å². The fraction of sp³-hybridized carbons (Fsp3) is 0. The van der Waals surface area contributed by atoms with E-state index < -0.39 is 12.1 Å². The largest absolute Gasteiger partial charge is 0.351 e. The van der Waals surface area contributed by atoms with Gasteiger partial charge in [-0.25, -0.2) is 19.6 Å². The van der Waals surface area contributed by atoms with Crippen molar-refractivity contribution in [2.75, 3.05) is 10.6 Å². The van der Waals surface area contributed by atoms with Crippen molar-refractivity contribution in [2.24, 2.45) is 11.5 Å². The highest BCUT2D eigenvalue weighted by atomic mass is 16.2. The van der Waals surface area contributed by atoms with Crippen molar-refractivity contribution >= 4 is 23.7 Å². The molecule has 2 aromatic rings. The number of hydrogen-bond donors (Lipinski definition) is 4. The standard InChI is InChI=1S/2C6H7N3O/c2*7-6(10)9-5-3-1-2-4-8-5/h2*1-4H,(H3,7,8,9,10). The normalized spacial score (nSPS) is 8.80. The Morgan fingerprint density at radius 1 is 0.800 bits per heavy atom. The molecule has 0 aliphatic heterocycles. The van der Waals surface area contributed by atoms with Gasteiger partial charge in [0, 0.05) is 12.4 Å². The third-order valence-corrected chi connectivity index (χ3v) is 1.83. The summed E-state index contributed by atoms with van der Waals surface area (Å²) >= 11 is 0. The Kier molecular flexibility index (Phi) is 5.98. The first kappa shape index (κ1) is 14.9. The summed E-state index contributed by atoms with van der Waals surface area (Å²) in [5.74, 6) is 0.935. The summed E-state index contributed by atoms with van der Waals surface area (Å²) in [6.45, 7) is 0. The Morgan fingerprint density at radius 2 is 1.20 bits per heavy atom. The number of anilines is 2. The van der Waals surface area contributed by atoms with E-state index in [2.05, 4.69) is 20.6 Å². The second-order valence-electron chi connectivity index (χ2n) is 3.41. The third-order valence-electron chi connectivity index (χ3n) is 1.83. The predicted octanol–water partition coefficient (Wildman–Crippen LogP) is 1.14. The molecule has 0 bridgehead atoms. The van der Waals surface area contributed by atoms with Crippen LogP contribution >= 0.6 is 0 Å². The number of urea groups is 2. The molecule has 20 heavy (non-hydrogen) atoms. The molecule has 0 saturated heterocycles. The molecular weight excluding hydrogens is 260 g/mol. The molecule has 0 aliphatic rings. The van der Waals surface area contributed by atoms with Crippen molar-refractivity contribution in [3.8, 4) is 0 Å². The van der Waals surface area contributed by atoms with Crippen molar-refractivity contribution in [3.63, 3.8) is 0 Å². The summed E-state index contributed by atoms with van der Waals surface area (Å²) in [6, 6.07) is 9.15. The van der Waals surface area contributed by atoms with Crippen molar-refractivity contribution in [2.45, 2.75) is 0 Å². The van der Waals surface area contributed by atoms with Crippen molar-refractivity contribution in [1.82, 2.24) is 9.97 Å². The van der Waals surface area contributed by atoms with Crippen LogP contribution in [0.1, 0.15) is 0 Å². The van der Waals surface area contributed by atoms with Gasteiger partial charge in [-0.2, -0.15) is 0 Å². The monoisotopic (exact) mass is 274 g/mol. The second kappa shape index (κ2) is 8.03. The van der Waals surface area contributed by atoms with Crippen LogP contribution < -0.4 is 22.1 Å². The molecule has 8 heteroatoms. The van der Waals surface area contributed by atoms with Gasteiger partial charge in [-0.1, -0.05) is 12.1 Å². The Labute approximate surface area is 115 Å². The van der Waals surface area contributed by atoms with Crippen LogP contribution in [0.5, 0.6) is 0 Å². The number of aromatic nitrogens is 2. The average Bonchev–Trinajstić information content (AvgIpc) is 2.40. The van der Waals surface area contributed by atoms with E-state index in [1.54, 1.807) is 48.8 Å². The topological polar surface area (TPSA) is 136 Å². The lowest BCUT2D eigenvalue weighted by Gasteiger charge is -1.96. The summed E-state index contributed by atoms with van der Waals surface area (Å²) < 4.78 is 0. The maximum Gasteiger partial charge on any atom is 0.317 e. The van der Waals surface area contributed by atoms with Crippen molar-refractivity contribution in [1.29, 1.82) is 0 Å². The fourth-order valence-corrected chi connectivity index (χ4v) is 1.13. The molecule has 0 atom stereocenters. The molecule has 2 heterocycles. The van der Waals surface area contributed by atoms with Crippen LogP contribution in [-0.2, 0) is 0 Å². The Morgan fingerprint density at radius 3 is 1.45 bits per heavy atom. The maximum absolute atomic E-state index is 10.2. The molecule has 0 fully saturated rings. The summed E-state index contributed by atoms with van der Waals surface area (Å²) in [5.41, 5.74) is 9.67. The number of amides is 4. The summed E-state index contributed by atoms with van der Waals surface area (Å²) in [4.78, 5) is 28.1. The second-order valence-corrected chi connectivity index (χ2v) is 3.41. The fourth-order valence-electron chi connectivity index (χ4n) is 1.13. The lowest BCUT2D eigenvalue weighted by molar-refractivity contribution is 0.258. The van der Waals surface area contributed by atoms with Gasteiger partial charge in [0.2, 0.25) is 0 Å². The molecule has 0 saturated carbocycles. The minimum absolute atomic E-state index is 0.468. The highest BCUT2D eigenvalue weighted by Gasteiger charge is 1.93. The van der Waals surface area contributed by atoms with E-state index in [9.17, 15) is 9.59 Å². The number of nitrogens with two attached hydrogens (primary N) is 2. The number of hydrogen-bond acceptors (Lipinski definition) is 4. The van der Waals surface area contributed by atoms with E-state index in [4.69, 9.17) is 11.5 Å². The van der Waals surface area contributed by atoms with Gasteiger partial charge < -0.3 is 11.5 Å². The van der Waals surface area contributed by atoms with Crippen molar-refractivity contribution < 1.29 is 9.59 Å². The zero-order valence-corrected chi connectivity index (χ0v) is 10.5. The molecule has 6 N–H and O–H groups in total. The molecule has 0 radical (unpaired) electrons. The molecule has 0 unspecified atom stereocenters. The van der Waals surface area contributed by atoms with E-state index in [0.717, 1.165) is 0 Å². The summed E-state index contributed by atoms with van der Waals surface area (Å²) in [6.07, 6.45) is 3.15. The molecule has 2 aromatic heterocycles. The lowest BCUT2D eigenvalue weighted by atomic mass is 10.5. The number of rotatable bonds is 2. The Bertz CT molecular complexity index is 495. The van der Waals surface area contributed by atoms with Gasteiger partial charge in [-0.05, 0) is 24.3 Å². The van der Waals surface area contributed by atoms with E-state index >= 15 is 0 Å². The number of carbonyl (C=O) groups is 2. The van der Waals surface area contributed by atoms with Crippen LogP contribution in [0.15, 0.2) is 48.8 Å². The minimum atomic E-state index is -0.598. The molecule has 2 rings (SSSR count). The van der Waals surface area contributed by atoms with E-state index in [1.165, 1.54) is 0 Å². The molecular formula is C12H14N6O2. The third kappa shape index (κ3) is 6.55. The Hall–Kier alpha value is -3.16. The zero-order valence-electron chi connectivity index (χ0n) is 10.5. The van der Waals surface area contributed by atoms with Gasteiger partial charge in [0.1, 0.15) is 11.6 Å². The van der Waals surface area contributed by atoms with Crippen LogP contribution in [0.2, 0.25) is 0 Å². The predicted molar refractivity (Wildman–Crippen MR) is 74.9 cm³/mol. The number of nitrogens with zero attached hydrogens (tertiary/aromatic N) is 2. The minimum Gasteiger partial charge on any atom is -0.351 e. The first-order valence-corrected chi connectivity index (χ1v) is 5.53. The number of carbonyl (C=O) groups excluding carboxylic acids is 2. The summed E-state index contributed by atoms with van der Waals surface area (Å²) in [5, 5.41) is 4.66. The first-order valence-electron chi connectivity index (χ1n) is 5.53. The number of nitrogens with one attached hydrogen (secondary N) is 2. The van der Waals surface area contributed by atoms with Gasteiger partial charge in [-0.3, -0.25) is 10.6 Å². The van der Waals surface area contributed by atoms with Crippen LogP contribution in [0.25, 0.3) is 0 Å². The van der Waals surface area contributed by atoms with Gasteiger partial charge in [0.25, 0.3) is 0 Å². The molecule has 4 amide bonds. The van der Waals surface area contributed by atoms with E-state index in [1.807, 2.05) is 0 Å². The first-order chi connectivity index (χ1) is 9.58. The average molecular weight is 274 g/mol. The van der Waals surface area contributed by atoms with Gasteiger partial charge >= 0.3 is 12.1 Å². The van der Waals surface area contributed by atoms with E-state index in [0.29, 0.717) is 11.6 Å². The maximum atomic E-state index is 10.2. The molecule has 0 aromatic carbocycles. The quantitative estimate of drug-likeness (QED) is 0.652.